The van der Waals surface area contributed by atoms with E-state index in [2.05, 4.69) is 27.1 Å². The van der Waals surface area contributed by atoms with Crippen molar-refractivity contribution in [1.29, 1.82) is 0 Å². The fraction of sp³-hybridized carbons (Fsp3) is 0.214. The standard InChI is InChI=1S/C14H14N4O/c1-19-14-12-13(15-9-16-14)18(10-17-12)8-7-11-5-3-2-4-6-11/h2-6,9-10H,7-8H2,1H3. The number of ether oxygens (including phenoxy) is 1. The van der Waals surface area contributed by atoms with Gasteiger partial charge in [0.05, 0.1) is 13.4 Å². The summed E-state index contributed by atoms with van der Waals surface area (Å²) < 4.78 is 7.20. The second-order valence-electron chi connectivity index (χ2n) is 4.23. The minimum Gasteiger partial charge on any atom is -0.479 e. The molecule has 0 spiro atoms. The lowest BCUT2D eigenvalue weighted by atomic mass is 10.1. The minimum atomic E-state index is 0.517. The van der Waals surface area contributed by atoms with Gasteiger partial charge in [-0.3, -0.25) is 0 Å². The SMILES string of the molecule is COc1ncnc2c1ncn2CCc1ccccc1. The molecule has 3 aromatic rings. The van der Waals surface area contributed by atoms with Crippen LogP contribution in [0.5, 0.6) is 5.88 Å². The Bertz CT molecular complexity index is 678. The van der Waals surface area contributed by atoms with Crippen LogP contribution in [0.2, 0.25) is 0 Å². The molecule has 0 radical (unpaired) electrons. The summed E-state index contributed by atoms with van der Waals surface area (Å²) in [7, 11) is 1.59. The number of aryl methyl sites for hydroxylation is 2. The van der Waals surface area contributed by atoms with E-state index < -0.39 is 0 Å². The molecule has 0 atom stereocenters. The molecule has 0 saturated heterocycles. The van der Waals surface area contributed by atoms with Gasteiger partial charge in [-0.25, -0.2) is 9.97 Å². The average molecular weight is 254 g/mol. The van der Waals surface area contributed by atoms with E-state index in [-0.39, 0.29) is 0 Å². The van der Waals surface area contributed by atoms with Gasteiger partial charge in [-0.05, 0) is 12.0 Å². The Hall–Kier alpha value is -2.43. The van der Waals surface area contributed by atoms with E-state index in [1.165, 1.54) is 11.9 Å². The van der Waals surface area contributed by atoms with Crippen LogP contribution in [0, 0.1) is 0 Å². The maximum Gasteiger partial charge on any atom is 0.245 e. The van der Waals surface area contributed by atoms with Crippen molar-refractivity contribution in [3.05, 3.63) is 48.5 Å². The molecule has 2 heterocycles. The number of hydrogen-bond acceptors (Lipinski definition) is 4. The molecule has 5 heteroatoms. The highest BCUT2D eigenvalue weighted by Crippen LogP contribution is 2.19. The Morgan fingerprint density at radius 2 is 1.95 bits per heavy atom. The highest BCUT2D eigenvalue weighted by atomic mass is 16.5. The Balaban J connectivity index is 1.86. The van der Waals surface area contributed by atoms with Crippen molar-refractivity contribution in [2.75, 3.05) is 7.11 Å². The second kappa shape index (κ2) is 5.06. The average Bonchev–Trinajstić information content (AvgIpc) is 2.89. The van der Waals surface area contributed by atoms with Crippen molar-refractivity contribution in [2.45, 2.75) is 13.0 Å². The highest BCUT2D eigenvalue weighted by Gasteiger charge is 2.09. The number of fused-ring (bicyclic) bond motifs is 1. The van der Waals surface area contributed by atoms with Gasteiger partial charge in [-0.1, -0.05) is 30.3 Å². The zero-order valence-electron chi connectivity index (χ0n) is 10.7. The predicted octanol–water partition coefficient (Wildman–Crippen LogP) is 2.08. The lowest BCUT2D eigenvalue weighted by Crippen LogP contribution is -2.01. The predicted molar refractivity (Wildman–Crippen MR) is 72.0 cm³/mol. The maximum absolute atomic E-state index is 5.18. The van der Waals surface area contributed by atoms with Gasteiger partial charge in [0, 0.05) is 6.54 Å². The van der Waals surface area contributed by atoms with Gasteiger partial charge in [0.25, 0.3) is 0 Å². The topological polar surface area (TPSA) is 52.8 Å². The molecule has 0 unspecified atom stereocenters. The number of imidazole rings is 1. The smallest absolute Gasteiger partial charge is 0.245 e. The zero-order valence-corrected chi connectivity index (χ0v) is 10.7. The normalized spacial score (nSPS) is 10.8. The van der Waals surface area contributed by atoms with Crippen LogP contribution in [0.25, 0.3) is 11.2 Å². The van der Waals surface area contributed by atoms with E-state index in [9.17, 15) is 0 Å². The Morgan fingerprint density at radius 3 is 2.74 bits per heavy atom. The van der Waals surface area contributed by atoms with E-state index in [4.69, 9.17) is 4.74 Å². The molecule has 19 heavy (non-hydrogen) atoms. The van der Waals surface area contributed by atoms with Crippen molar-refractivity contribution >= 4 is 11.2 Å². The molecule has 0 aliphatic carbocycles. The quantitative estimate of drug-likeness (QED) is 0.715. The molecular formula is C14H14N4O. The first-order valence-electron chi connectivity index (χ1n) is 6.12. The molecule has 0 N–H and O–H groups in total. The molecule has 0 fully saturated rings. The van der Waals surface area contributed by atoms with Crippen LogP contribution >= 0.6 is 0 Å². The first kappa shape index (κ1) is 11.6. The summed E-state index contributed by atoms with van der Waals surface area (Å²) in [6.45, 7) is 0.834. The van der Waals surface area contributed by atoms with Gasteiger partial charge in [-0.2, -0.15) is 4.98 Å². The summed E-state index contributed by atoms with van der Waals surface area (Å²) in [5, 5.41) is 0. The lowest BCUT2D eigenvalue weighted by Gasteiger charge is -2.04. The number of aromatic nitrogens is 4. The van der Waals surface area contributed by atoms with Crippen LogP contribution in [0.1, 0.15) is 5.56 Å². The summed E-state index contributed by atoms with van der Waals surface area (Å²) >= 11 is 0. The van der Waals surface area contributed by atoms with Crippen LogP contribution in [-0.2, 0) is 13.0 Å². The third-order valence-electron chi connectivity index (χ3n) is 3.05. The third kappa shape index (κ3) is 2.27. The molecule has 2 aromatic heterocycles. The summed E-state index contributed by atoms with van der Waals surface area (Å²) in [4.78, 5) is 12.6. The van der Waals surface area contributed by atoms with Gasteiger partial charge in [0.15, 0.2) is 11.2 Å². The van der Waals surface area contributed by atoms with Crippen molar-refractivity contribution in [3.63, 3.8) is 0 Å². The molecule has 0 amide bonds. The number of methoxy groups -OCH3 is 1. The highest BCUT2D eigenvalue weighted by molar-refractivity contribution is 5.75. The van der Waals surface area contributed by atoms with Gasteiger partial charge >= 0.3 is 0 Å². The molecular weight excluding hydrogens is 240 g/mol. The number of nitrogens with zero attached hydrogens (tertiary/aromatic N) is 4. The maximum atomic E-state index is 5.18. The Morgan fingerprint density at radius 1 is 1.11 bits per heavy atom. The number of hydrogen-bond donors (Lipinski definition) is 0. The minimum absolute atomic E-state index is 0.517. The van der Waals surface area contributed by atoms with E-state index in [0.29, 0.717) is 11.4 Å². The Labute approximate surface area is 110 Å². The molecule has 5 nitrogen and oxygen atoms in total. The lowest BCUT2D eigenvalue weighted by molar-refractivity contribution is 0.401. The van der Waals surface area contributed by atoms with E-state index >= 15 is 0 Å². The van der Waals surface area contributed by atoms with Gasteiger partial charge in [-0.15, -0.1) is 0 Å². The third-order valence-corrected chi connectivity index (χ3v) is 3.05. The van der Waals surface area contributed by atoms with Crippen LogP contribution in [0.3, 0.4) is 0 Å². The molecule has 3 rings (SSSR count). The summed E-state index contributed by atoms with van der Waals surface area (Å²) in [6, 6.07) is 10.4. The summed E-state index contributed by atoms with van der Waals surface area (Å²) in [6.07, 6.45) is 4.23. The molecule has 96 valence electrons. The monoisotopic (exact) mass is 254 g/mol. The largest absolute Gasteiger partial charge is 0.479 e. The number of benzene rings is 1. The summed E-state index contributed by atoms with van der Waals surface area (Å²) in [5.41, 5.74) is 2.81. The first-order chi connectivity index (χ1) is 9.38. The molecule has 0 aliphatic rings. The molecule has 0 saturated carbocycles. The van der Waals surface area contributed by atoms with E-state index in [1.54, 1.807) is 13.4 Å². The van der Waals surface area contributed by atoms with Crippen LogP contribution in [0.15, 0.2) is 43.0 Å². The fourth-order valence-electron chi connectivity index (χ4n) is 2.07. The van der Waals surface area contributed by atoms with Crippen molar-refractivity contribution in [1.82, 2.24) is 19.5 Å². The van der Waals surface area contributed by atoms with Gasteiger partial charge < -0.3 is 9.30 Å². The number of rotatable bonds is 4. The van der Waals surface area contributed by atoms with Crippen LogP contribution in [0.4, 0.5) is 0 Å². The zero-order chi connectivity index (χ0) is 13.1. The van der Waals surface area contributed by atoms with Gasteiger partial charge in [0.2, 0.25) is 5.88 Å². The van der Waals surface area contributed by atoms with Crippen molar-refractivity contribution in [3.8, 4) is 5.88 Å². The van der Waals surface area contributed by atoms with Crippen molar-refractivity contribution < 1.29 is 4.74 Å². The van der Waals surface area contributed by atoms with E-state index in [1.807, 2.05) is 22.8 Å². The summed E-state index contributed by atoms with van der Waals surface area (Å²) in [5.74, 6) is 0.517. The second-order valence-corrected chi connectivity index (χ2v) is 4.23. The fourth-order valence-corrected chi connectivity index (χ4v) is 2.07. The van der Waals surface area contributed by atoms with E-state index in [0.717, 1.165) is 18.6 Å². The Kier molecular flexibility index (Phi) is 3.10. The van der Waals surface area contributed by atoms with Crippen LogP contribution < -0.4 is 4.74 Å². The van der Waals surface area contributed by atoms with Crippen LogP contribution in [-0.4, -0.2) is 26.6 Å². The molecule has 0 bridgehead atoms. The first-order valence-corrected chi connectivity index (χ1v) is 6.12. The molecule has 0 aliphatic heterocycles. The molecule has 1 aromatic carbocycles. The van der Waals surface area contributed by atoms with Gasteiger partial charge in [0.1, 0.15) is 6.33 Å². The van der Waals surface area contributed by atoms with Crippen molar-refractivity contribution in [2.24, 2.45) is 0 Å².